The van der Waals surface area contributed by atoms with Crippen molar-refractivity contribution in [1.82, 2.24) is 5.01 Å². The molecule has 0 aliphatic rings. The van der Waals surface area contributed by atoms with Gasteiger partial charge in [-0.25, -0.2) is 5.84 Å². The summed E-state index contributed by atoms with van der Waals surface area (Å²) in [5.74, 6) is 6.55. The molecule has 0 radical (unpaired) electrons. The minimum absolute atomic E-state index is 0.329. The van der Waals surface area contributed by atoms with Gasteiger partial charge in [0.1, 0.15) is 5.84 Å². The number of amidine groups is 1. The molecule has 0 unspecified atom stereocenters. The van der Waals surface area contributed by atoms with Crippen LogP contribution in [0.15, 0.2) is 4.99 Å². The molecule has 3 heteroatoms. The Morgan fingerprint density at radius 2 is 2.10 bits per heavy atom. The van der Waals surface area contributed by atoms with Crippen molar-refractivity contribution in [2.24, 2.45) is 10.8 Å². The number of hydrogen-bond acceptors (Lipinski definition) is 2. The average Bonchev–Trinajstić information content (AvgIpc) is 1.87. The Kier molecular flexibility index (Phi) is 4.03. The first-order valence-corrected chi connectivity index (χ1v) is 3.64. The van der Waals surface area contributed by atoms with Crippen LogP contribution in [0.3, 0.4) is 0 Å². The van der Waals surface area contributed by atoms with Crippen LogP contribution >= 0.6 is 0 Å². The predicted octanol–water partition coefficient (Wildman–Crippen LogP) is 1.01. The summed E-state index contributed by atoms with van der Waals surface area (Å²) in [4.78, 5) is 4.16. The molecule has 0 saturated carbocycles. The van der Waals surface area contributed by atoms with E-state index in [9.17, 15) is 0 Å². The maximum absolute atomic E-state index is 5.65. The van der Waals surface area contributed by atoms with E-state index in [-0.39, 0.29) is 0 Å². The summed E-state index contributed by atoms with van der Waals surface area (Å²) in [5.41, 5.74) is 0. The van der Waals surface area contributed by atoms with Crippen molar-refractivity contribution in [2.45, 2.75) is 33.7 Å². The molecule has 0 rings (SSSR count). The largest absolute Gasteiger partial charge is 0.296 e. The Morgan fingerprint density at radius 3 is 2.40 bits per heavy atom. The third-order valence-corrected chi connectivity index (χ3v) is 1.32. The minimum Gasteiger partial charge on any atom is -0.296 e. The Balaban J connectivity index is 3.93. The summed E-state index contributed by atoms with van der Waals surface area (Å²) >= 11 is 0. The molecule has 0 aliphatic carbocycles. The molecule has 0 aliphatic heterocycles. The van der Waals surface area contributed by atoms with Gasteiger partial charge in [-0.2, -0.15) is 0 Å². The van der Waals surface area contributed by atoms with Crippen LogP contribution in [0.25, 0.3) is 0 Å². The Labute approximate surface area is 62.9 Å². The fourth-order valence-corrected chi connectivity index (χ4v) is 0.684. The first kappa shape index (κ1) is 9.43. The lowest BCUT2D eigenvalue weighted by Gasteiger charge is -2.21. The quantitative estimate of drug-likeness (QED) is 0.271. The van der Waals surface area contributed by atoms with Crippen molar-refractivity contribution >= 4 is 5.84 Å². The van der Waals surface area contributed by atoms with Crippen LogP contribution in [0.1, 0.15) is 27.7 Å². The second kappa shape index (κ2) is 4.28. The number of nitrogens with two attached hydrogens (primary N) is 1. The molecular formula is C7H17N3. The number of aliphatic imine (C=N–C) groups is 1. The van der Waals surface area contributed by atoms with Gasteiger partial charge in [0, 0.05) is 12.6 Å². The lowest BCUT2D eigenvalue weighted by molar-refractivity contribution is 0.360. The average molecular weight is 143 g/mol. The van der Waals surface area contributed by atoms with Crippen LogP contribution in [0.5, 0.6) is 0 Å². The number of rotatable bonds is 2. The highest BCUT2D eigenvalue weighted by molar-refractivity contribution is 5.79. The van der Waals surface area contributed by atoms with Crippen LogP contribution in [0, 0.1) is 0 Å². The summed E-state index contributed by atoms with van der Waals surface area (Å²) in [5, 5.41) is 1.67. The van der Waals surface area contributed by atoms with Gasteiger partial charge in [0.15, 0.2) is 0 Å². The molecule has 0 atom stereocenters. The fraction of sp³-hybridized carbons (Fsp3) is 0.857. The predicted molar refractivity (Wildman–Crippen MR) is 44.8 cm³/mol. The smallest absolute Gasteiger partial charge is 0.110 e. The summed E-state index contributed by atoms with van der Waals surface area (Å²) in [6, 6.07) is 0.329. The normalized spacial score (nSPS) is 12.4. The first-order chi connectivity index (χ1) is 4.59. The summed E-state index contributed by atoms with van der Waals surface area (Å²) in [6.45, 7) is 8.79. The molecule has 0 aromatic carbocycles. The SMILES string of the molecule is CCN=C(C)N(N)C(C)C. The van der Waals surface area contributed by atoms with E-state index in [1.54, 1.807) is 5.01 Å². The molecule has 0 saturated heterocycles. The van der Waals surface area contributed by atoms with Gasteiger partial charge in [-0.1, -0.05) is 0 Å². The molecule has 60 valence electrons. The fourth-order valence-electron chi connectivity index (χ4n) is 0.684. The Hall–Kier alpha value is -0.570. The van der Waals surface area contributed by atoms with Crippen molar-refractivity contribution in [2.75, 3.05) is 6.54 Å². The first-order valence-electron chi connectivity index (χ1n) is 3.64. The third-order valence-electron chi connectivity index (χ3n) is 1.32. The number of hydrogen-bond donors (Lipinski definition) is 1. The zero-order valence-corrected chi connectivity index (χ0v) is 7.26. The monoisotopic (exact) mass is 143 g/mol. The topological polar surface area (TPSA) is 41.6 Å². The molecule has 0 aromatic rings. The second-order valence-electron chi connectivity index (χ2n) is 2.52. The summed E-state index contributed by atoms with van der Waals surface area (Å²) in [6.07, 6.45) is 0. The third kappa shape index (κ3) is 2.82. The van der Waals surface area contributed by atoms with Crippen molar-refractivity contribution in [1.29, 1.82) is 0 Å². The highest BCUT2D eigenvalue weighted by Crippen LogP contribution is 1.91. The van der Waals surface area contributed by atoms with E-state index in [0.29, 0.717) is 6.04 Å². The second-order valence-corrected chi connectivity index (χ2v) is 2.52. The maximum atomic E-state index is 5.65. The van der Waals surface area contributed by atoms with Crippen LogP contribution in [0.2, 0.25) is 0 Å². The van der Waals surface area contributed by atoms with Gasteiger partial charge in [-0.3, -0.25) is 10.0 Å². The Bertz CT molecular complexity index is 118. The Morgan fingerprint density at radius 1 is 1.60 bits per heavy atom. The number of hydrazine groups is 1. The van der Waals surface area contributed by atoms with Crippen LogP contribution in [0.4, 0.5) is 0 Å². The summed E-state index contributed by atoms with van der Waals surface area (Å²) in [7, 11) is 0. The molecular weight excluding hydrogens is 126 g/mol. The standard InChI is InChI=1S/C7H17N3/c1-5-9-7(4)10(8)6(2)3/h6H,5,8H2,1-4H3. The van der Waals surface area contributed by atoms with Crippen molar-refractivity contribution in [3.63, 3.8) is 0 Å². The van der Waals surface area contributed by atoms with E-state index in [1.165, 1.54) is 0 Å². The van der Waals surface area contributed by atoms with E-state index in [4.69, 9.17) is 5.84 Å². The molecule has 0 aromatic heterocycles. The van der Waals surface area contributed by atoms with Crippen molar-refractivity contribution < 1.29 is 0 Å². The highest BCUT2D eigenvalue weighted by atomic mass is 15.4. The lowest BCUT2D eigenvalue weighted by atomic mass is 10.4. The molecule has 0 spiro atoms. The number of nitrogens with zero attached hydrogens (tertiary/aromatic N) is 2. The van der Waals surface area contributed by atoms with E-state index in [2.05, 4.69) is 4.99 Å². The van der Waals surface area contributed by atoms with E-state index in [1.807, 2.05) is 27.7 Å². The molecule has 2 N–H and O–H groups in total. The van der Waals surface area contributed by atoms with Gasteiger partial charge >= 0.3 is 0 Å². The van der Waals surface area contributed by atoms with Gasteiger partial charge in [0.05, 0.1) is 0 Å². The molecule has 0 bridgehead atoms. The van der Waals surface area contributed by atoms with Gasteiger partial charge in [0.25, 0.3) is 0 Å². The zero-order chi connectivity index (χ0) is 8.15. The molecule has 10 heavy (non-hydrogen) atoms. The van der Waals surface area contributed by atoms with Gasteiger partial charge in [-0.05, 0) is 27.7 Å². The lowest BCUT2D eigenvalue weighted by Crippen LogP contribution is -2.41. The van der Waals surface area contributed by atoms with Crippen LogP contribution in [-0.4, -0.2) is 23.4 Å². The summed E-state index contributed by atoms with van der Waals surface area (Å²) < 4.78 is 0. The van der Waals surface area contributed by atoms with Crippen molar-refractivity contribution in [3.8, 4) is 0 Å². The molecule has 0 fully saturated rings. The van der Waals surface area contributed by atoms with E-state index >= 15 is 0 Å². The zero-order valence-electron chi connectivity index (χ0n) is 7.26. The molecule has 3 nitrogen and oxygen atoms in total. The van der Waals surface area contributed by atoms with E-state index < -0.39 is 0 Å². The van der Waals surface area contributed by atoms with Gasteiger partial charge < -0.3 is 0 Å². The minimum atomic E-state index is 0.329. The highest BCUT2D eigenvalue weighted by Gasteiger charge is 2.03. The molecule has 0 amide bonds. The maximum Gasteiger partial charge on any atom is 0.110 e. The van der Waals surface area contributed by atoms with Gasteiger partial charge in [-0.15, -0.1) is 0 Å². The van der Waals surface area contributed by atoms with Crippen LogP contribution in [-0.2, 0) is 0 Å². The van der Waals surface area contributed by atoms with E-state index in [0.717, 1.165) is 12.4 Å². The molecule has 0 heterocycles. The van der Waals surface area contributed by atoms with Gasteiger partial charge in [0.2, 0.25) is 0 Å². The van der Waals surface area contributed by atoms with Crippen molar-refractivity contribution in [3.05, 3.63) is 0 Å². The van der Waals surface area contributed by atoms with Crippen LogP contribution < -0.4 is 5.84 Å².